The van der Waals surface area contributed by atoms with Crippen molar-refractivity contribution in [2.45, 2.75) is 6.92 Å². The molecule has 0 amide bonds. The Kier molecular flexibility index (Phi) is 6.30. The third kappa shape index (κ3) is 3.54. The van der Waals surface area contributed by atoms with E-state index in [1.165, 1.54) is 0 Å². The van der Waals surface area contributed by atoms with Gasteiger partial charge >= 0.3 is 51.4 Å². The Hall–Kier alpha value is -0.144. The van der Waals surface area contributed by atoms with Crippen molar-refractivity contribution in [1.82, 2.24) is 0 Å². The van der Waals surface area contributed by atoms with Crippen molar-refractivity contribution >= 4 is 5.69 Å². The van der Waals surface area contributed by atoms with Gasteiger partial charge in [0.2, 0.25) is 0 Å². The molecule has 5 nitrogen and oxygen atoms in total. The van der Waals surface area contributed by atoms with Crippen LogP contribution < -0.4 is 61.2 Å². The minimum absolute atomic E-state index is 0. The Labute approximate surface area is 124 Å². The zero-order valence-corrected chi connectivity index (χ0v) is 11.1. The molecule has 6 heteroatoms. The Morgan fingerprint density at radius 2 is 2.14 bits per heavy atom. The molecule has 1 aromatic carbocycles. The molecule has 0 bridgehead atoms. The van der Waals surface area contributed by atoms with Crippen molar-refractivity contribution in [3.05, 3.63) is 28.3 Å². The number of non-ortho nitro benzene ring substituents is 1. The quantitative estimate of drug-likeness (QED) is 0.338. The molecule has 0 saturated carbocycles. The van der Waals surface area contributed by atoms with E-state index in [0.717, 1.165) is 18.2 Å². The average molecular weight is 221 g/mol. The van der Waals surface area contributed by atoms with Crippen LogP contribution in [0.5, 0.6) is 11.5 Å². The average Bonchev–Trinajstić information content (AvgIpc) is 2.08. The summed E-state index contributed by atoms with van der Waals surface area (Å²) >= 11 is 0. The van der Waals surface area contributed by atoms with Crippen molar-refractivity contribution < 1.29 is 66.2 Å². The maximum atomic E-state index is 11.0. The molecular formula is C8H8KNO4. The van der Waals surface area contributed by atoms with Crippen molar-refractivity contribution in [3.63, 3.8) is 0 Å². The van der Waals surface area contributed by atoms with Crippen LogP contribution in [-0.2, 0) is 0 Å². The number of hydrogen-bond donors (Lipinski definition) is 0. The minimum atomic E-state index is -0.567. The summed E-state index contributed by atoms with van der Waals surface area (Å²) in [6, 6.07) is 3.42. The second kappa shape index (κ2) is 6.36. The fourth-order valence-corrected chi connectivity index (χ4v) is 0.879. The van der Waals surface area contributed by atoms with Crippen LogP contribution in [0.15, 0.2) is 18.2 Å². The third-order valence-electron chi connectivity index (χ3n) is 1.44. The normalized spacial score (nSPS) is 8.93. The molecule has 0 aliphatic carbocycles. The van der Waals surface area contributed by atoms with Gasteiger partial charge < -0.3 is 9.84 Å². The van der Waals surface area contributed by atoms with Gasteiger partial charge in [-0.3, -0.25) is 10.1 Å². The molecule has 70 valence electrons. The van der Waals surface area contributed by atoms with Gasteiger partial charge in [-0.05, 0) is 6.92 Å². The first-order valence-corrected chi connectivity index (χ1v) is 3.73. The maximum Gasteiger partial charge on any atom is 1.00 e. The maximum absolute atomic E-state index is 11.0. The molecule has 0 radical (unpaired) electrons. The molecule has 1 rings (SSSR count). The van der Waals surface area contributed by atoms with E-state index < -0.39 is 4.92 Å². The van der Waals surface area contributed by atoms with Crippen molar-refractivity contribution in [1.29, 1.82) is 0 Å². The van der Waals surface area contributed by atoms with Crippen LogP contribution in [0.1, 0.15) is 6.92 Å². The molecule has 0 N–H and O–H groups in total. The van der Waals surface area contributed by atoms with Gasteiger partial charge in [0.15, 0.2) is 0 Å². The van der Waals surface area contributed by atoms with Gasteiger partial charge in [0.25, 0.3) is 5.69 Å². The number of hydrogen-bond acceptors (Lipinski definition) is 4. The summed E-state index contributed by atoms with van der Waals surface area (Å²) in [6.45, 7) is 2.02. The van der Waals surface area contributed by atoms with E-state index in [1.807, 2.05) is 0 Å². The number of nitro benzene ring substituents is 1. The van der Waals surface area contributed by atoms with Gasteiger partial charge in [-0.15, -0.1) is 0 Å². The molecule has 0 heterocycles. The van der Waals surface area contributed by atoms with Crippen LogP contribution in [0.2, 0.25) is 0 Å². The standard InChI is InChI=1S/C8H9NO4.K/c1-2-13-8-5-6(9(11)12)3-4-7(8)10;/h3-5,10H,2H2,1H3;/q;+1/p-1. The van der Waals surface area contributed by atoms with E-state index in [4.69, 9.17) is 4.74 Å². The van der Waals surface area contributed by atoms with Crippen LogP contribution in [0.4, 0.5) is 5.69 Å². The summed E-state index contributed by atoms with van der Waals surface area (Å²) in [4.78, 5) is 9.75. The van der Waals surface area contributed by atoms with E-state index in [0.29, 0.717) is 6.61 Å². The fourth-order valence-electron chi connectivity index (χ4n) is 0.879. The number of nitrogens with zero attached hydrogens (tertiary/aromatic N) is 1. The van der Waals surface area contributed by atoms with Crippen molar-refractivity contribution in [2.24, 2.45) is 0 Å². The zero-order valence-electron chi connectivity index (χ0n) is 8.02. The molecule has 0 unspecified atom stereocenters. The number of benzene rings is 1. The summed E-state index contributed by atoms with van der Waals surface area (Å²) in [5.74, 6) is -0.316. The second-order valence-electron chi connectivity index (χ2n) is 2.32. The molecule has 0 aliphatic heterocycles. The van der Waals surface area contributed by atoms with E-state index in [2.05, 4.69) is 0 Å². The first-order valence-electron chi connectivity index (χ1n) is 3.73. The summed E-state index contributed by atoms with van der Waals surface area (Å²) in [5.41, 5.74) is -0.136. The van der Waals surface area contributed by atoms with Crippen molar-refractivity contribution in [3.8, 4) is 11.5 Å². The fraction of sp³-hybridized carbons (Fsp3) is 0.250. The van der Waals surface area contributed by atoms with Gasteiger partial charge in [0, 0.05) is 6.07 Å². The van der Waals surface area contributed by atoms with Crippen LogP contribution in [0, 0.1) is 10.1 Å². The number of rotatable bonds is 3. The molecule has 0 atom stereocenters. The van der Waals surface area contributed by atoms with E-state index in [1.54, 1.807) is 6.92 Å². The number of nitro groups is 1. The molecule has 1 aromatic rings. The molecule has 0 spiro atoms. The smallest absolute Gasteiger partial charge is 0.870 e. The van der Waals surface area contributed by atoms with Crippen LogP contribution >= 0.6 is 0 Å². The van der Waals surface area contributed by atoms with Gasteiger partial charge in [-0.1, -0.05) is 11.8 Å². The topological polar surface area (TPSA) is 75.4 Å². The van der Waals surface area contributed by atoms with E-state index >= 15 is 0 Å². The largest absolute Gasteiger partial charge is 1.00 e. The third-order valence-corrected chi connectivity index (χ3v) is 1.44. The predicted octanol–water partition coefficient (Wildman–Crippen LogP) is -1.93. The monoisotopic (exact) mass is 221 g/mol. The zero-order chi connectivity index (χ0) is 9.84. The van der Waals surface area contributed by atoms with Gasteiger partial charge in [-0.25, -0.2) is 0 Å². The molecule has 0 aromatic heterocycles. The first kappa shape index (κ1) is 13.9. The Balaban J connectivity index is 0.00000169. The van der Waals surface area contributed by atoms with Gasteiger partial charge in [0.05, 0.1) is 17.6 Å². The Bertz CT molecular complexity index is 329. The minimum Gasteiger partial charge on any atom is -0.870 e. The number of ether oxygens (including phenoxy) is 1. The van der Waals surface area contributed by atoms with E-state index in [-0.39, 0.29) is 68.6 Å². The molecule has 0 fully saturated rings. The SMILES string of the molecule is CCOc1cc([N+](=O)[O-])ccc1[O-].[K+]. The van der Waals surface area contributed by atoms with Crippen LogP contribution in [0.25, 0.3) is 0 Å². The predicted molar refractivity (Wildman–Crippen MR) is 43.7 cm³/mol. The molecule has 0 saturated heterocycles. The van der Waals surface area contributed by atoms with Crippen LogP contribution in [0.3, 0.4) is 0 Å². The first-order chi connectivity index (χ1) is 6.15. The van der Waals surface area contributed by atoms with E-state index in [9.17, 15) is 15.2 Å². The van der Waals surface area contributed by atoms with Crippen LogP contribution in [-0.4, -0.2) is 11.5 Å². The summed E-state index contributed by atoms with van der Waals surface area (Å²) < 4.78 is 4.91. The molecular weight excluding hydrogens is 213 g/mol. The Morgan fingerprint density at radius 3 is 2.64 bits per heavy atom. The summed E-state index contributed by atoms with van der Waals surface area (Å²) in [6.07, 6.45) is 0. The summed E-state index contributed by atoms with van der Waals surface area (Å²) in [5, 5.41) is 21.4. The second-order valence-corrected chi connectivity index (χ2v) is 2.32. The molecule has 0 aliphatic rings. The molecule has 14 heavy (non-hydrogen) atoms. The van der Waals surface area contributed by atoms with Crippen molar-refractivity contribution in [2.75, 3.05) is 6.61 Å². The summed E-state index contributed by atoms with van der Waals surface area (Å²) in [7, 11) is 0. The van der Waals surface area contributed by atoms with Gasteiger partial charge in [-0.2, -0.15) is 0 Å². The Morgan fingerprint density at radius 1 is 1.50 bits per heavy atom. The van der Waals surface area contributed by atoms with Gasteiger partial charge in [0.1, 0.15) is 5.75 Å².